The summed E-state index contributed by atoms with van der Waals surface area (Å²) in [6.45, 7) is 7.16. The normalized spacial score (nSPS) is 12.8. The number of rotatable bonds is 4. The fraction of sp³-hybridized carbons (Fsp3) is 0.538. The van der Waals surface area contributed by atoms with Crippen LogP contribution in [0.2, 0.25) is 0 Å². The van der Waals surface area contributed by atoms with Gasteiger partial charge in [0.05, 0.1) is 12.5 Å². The molecule has 5 nitrogen and oxygen atoms in total. The minimum Gasteiger partial charge on any atom is -0.481 e. The number of aryl methyl sites for hydroxylation is 1. The lowest BCUT2D eigenvalue weighted by Crippen LogP contribution is -2.35. The van der Waals surface area contributed by atoms with Crippen molar-refractivity contribution in [3.05, 3.63) is 21.9 Å². The number of hydrogen-bond donors (Lipinski definition) is 2. The highest BCUT2D eigenvalue weighted by molar-refractivity contribution is 7.10. The molecule has 19 heavy (non-hydrogen) atoms. The Labute approximate surface area is 116 Å². The van der Waals surface area contributed by atoms with Crippen molar-refractivity contribution in [1.29, 1.82) is 0 Å². The number of nitrogens with one attached hydrogen (secondary N) is 1. The van der Waals surface area contributed by atoms with Crippen LogP contribution in [0.1, 0.15) is 43.7 Å². The summed E-state index contributed by atoms with van der Waals surface area (Å²) in [4.78, 5) is 23.5. The number of ether oxygens (including phenoxy) is 1. The van der Waals surface area contributed by atoms with Gasteiger partial charge in [0, 0.05) is 4.88 Å². The number of carbonyl (C=O) groups excluding carboxylic acids is 1. The lowest BCUT2D eigenvalue weighted by Gasteiger charge is -2.23. The first kappa shape index (κ1) is 15.5. The molecule has 0 fully saturated rings. The number of carbonyl (C=O) groups is 2. The van der Waals surface area contributed by atoms with E-state index in [1.165, 1.54) is 11.3 Å². The molecule has 1 unspecified atom stereocenters. The molecule has 2 N–H and O–H groups in total. The summed E-state index contributed by atoms with van der Waals surface area (Å²) in [6, 6.07) is 1.33. The van der Waals surface area contributed by atoms with E-state index in [1.54, 1.807) is 20.8 Å². The zero-order valence-electron chi connectivity index (χ0n) is 11.5. The summed E-state index contributed by atoms with van der Waals surface area (Å²) in [6.07, 6.45) is -0.771. The molecule has 0 aromatic carbocycles. The number of carboxylic acid groups (broad SMARTS) is 1. The van der Waals surface area contributed by atoms with E-state index in [9.17, 15) is 9.59 Å². The minimum atomic E-state index is -0.964. The van der Waals surface area contributed by atoms with Crippen molar-refractivity contribution in [3.63, 3.8) is 0 Å². The molecule has 0 saturated heterocycles. The van der Waals surface area contributed by atoms with Crippen molar-refractivity contribution in [2.24, 2.45) is 0 Å². The Morgan fingerprint density at radius 1 is 1.47 bits per heavy atom. The summed E-state index contributed by atoms with van der Waals surface area (Å²) in [5.41, 5.74) is 0.356. The largest absolute Gasteiger partial charge is 0.481 e. The smallest absolute Gasteiger partial charge is 0.408 e. The van der Waals surface area contributed by atoms with Gasteiger partial charge in [0.15, 0.2) is 0 Å². The van der Waals surface area contributed by atoms with Gasteiger partial charge in [-0.15, -0.1) is 11.3 Å². The summed E-state index contributed by atoms with van der Waals surface area (Å²) >= 11 is 1.43. The maximum atomic E-state index is 11.7. The maximum Gasteiger partial charge on any atom is 0.408 e. The summed E-state index contributed by atoms with van der Waals surface area (Å²) < 4.78 is 5.15. The lowest BCUT2D eigenvalue weighted by atomic mass is 10.1. The first-order valence-corrected chi connectivity index (χ1v) is 6.82. The van der Waals surface area contributed by atoms with Gasteiger partial charge in [0.25, 0.3) is 0 Å². The number of aliphatic carboxylic acids is 1. The fourth-order valence-corrected chi connectivity index (χ4v) is 2.55. The number of thiophene rings is 1. The highest BCUT2D eigenvalue weighted by Gasteiger charge is 2.24. The molecule has 0 spiro atoms. The second-order valence-corrected chi connectivity index (χ2v) is 6.21. The van der Waals surface area contributed by atoms with Crippen LogP contribution >= 0.6 is 11.3 Å². The second-order valence-electron chi connectivity index (χ2n) is 5.26. The first-order valence-electron chi connectivity index (χ1n) is 5.94. The van der Waals surface area contributed by atoms with Gasteiger partial charge in [-0.3, -0.25) is 4.79 Å². The van der Waals surface area contributed by atoms with Crippen LogP contribution in [0.5, 0.6) is 0 Å². The monoisotopic (exact) mass is 285 g/mol. The summed E-state index contributed by atoms with van der Waals surface area (Å²) in [5, 5.41) is 13.4. The van der Waals surface area contributed by atoms with Crippen molar-refractivity contribution in [3.8, 4) is 0 Å². The Bertz CT molecular complexity index is 461. The summed E-state index contributed by atoms with van der Waals surface area (Å²) in [7, 11) is 0. The molecule has 6 heteroatoms. The molecule has 0 aliphatic carbocycles. The summed E-state index contributed by atoms with van der Waals surface area (Å²) in [5.74, 6) is -0.964. The van der Waals surface area contributed by atoms with Crippen LogP contribution in [0.15, 0.2) is 11.4 Å². The average molecular weight is 285 g/mol. The molecule has 1 amide bonds. The molecule has 1 heterocycles. The van der Waals surface area contributed by atoms with Gasteiger partial charge in [0.1, 0.15) is 5.60 Å². The van der Waals surface area contributed by atoms with E-state index in [4.69, 9.17) is 9.84 Å². The molecule has 1 rings (SSSR count). The first-order chi connectivity index (χ1) is 8.69. The van der Waals surface area contributed by atoms with Crippen LogP contribution in [0.3, 0.4) is 0 Å². The van der Waals surface area contributed by atoms with Crippen molar-refractivity contribution < 1.29 is 19.4 Å². The molecule has 1 atom stereocenters. The Balaban J connectivity index is 2.79. The third-order valence-corrected chi connectivity index (χ3v) is 3.42. The minimum absolute atomic E-state index is 0.166. The van der Waals surface area contributed by atoms with E-state index in [-0.39, 0.29) is 6.42 Å². The molecule has 1 aromatic rings. The zero-order valence-corrected chi connectivity index (χ0v) is 12.3. The topological polar surface area (TPSA) is 75.6 Å². The number of amides is 1. The molecule has 0 aliphatic heterocycles. The van der Waals surface area contributed by atoms with Crippen LogP contribution in [0, 0.1) is 6.92 Å². The number of carboxylic acids is 1. The van der Waals surface area contributed by atoms with Gasteiger partial charge < -0.3 is 15.2 Å². The third kappa shape index (κ3) is 5.30. The highest BCUT2D eigenvalue weighted by Crippen LogP contribution is 2.26. The van der Waals surface area contributed by atoms with Gasteiger partial charge in [-0.1, -0.05) is 0 Å². The van der Waals surface area contributed by atoms with Crippen LogP contribution in [-0.2, 0) is 9.53 Å². The predicted octanol–water partition coefficient (Wildman–Crippen LogP) is 3.10. The highest BCUT2D eigenvalue weighted by atomic mass is 32.1. The molecular weight excluding hydrogens is 266 g/mol. The van der Waals surface area contributed by atoms with Crippen LogP contribution < -0.4 is 5.32 Å². The van der Waals surface area contributed by atoms with E-state index in [1.807, 2.05) is 18.4 Å². The van der Waals surface area contributed by atoms with Crippen LogP contribution in [-0.4, -0.2) is 22.8 Å². The number of hydrogen-bond acceptors (Lipinski definition) is 4. The molecule has 1 aromatic heterocycles. The predicted molar refractivity (Wildman–Crippen MR) is 73.4 cm³/mol. The van der Waals surface area contributed by atoms with Gasteiger partial charge in [-0.25, -0.2) is 4.79 Å². The Kier molecular flexibility index (Phi) is 4.94. The van der Waals surface area contributed by atoms with Gasteiger partial charge in [-0.2, -0.15) is 0 Å². The molecule has 0 aliphatic rings. The van der Waals surface area contributed by atoms with Crippen molar-refractivity contribution in [2.75, 3.05) is 0 Å². The zero-order chi connectivity index (χ0) is 14.6. The molecule has 0 radical (unpaired) electrons. The Morgan fingerprint density at radius 3 is 2.53 bits per heavy atom. The van der Waals surface area contributed by atoms with E-state index < -0.39 is 23.7 Å². The van der Waals surface area contributed by atoms with E-state index in [2.05, 4.69) is 5.32 Å². The Hall–Kier alpha value is -1.56. The Morgan fingerprint density at radius 2 is 2.11 bits per heavy atom. The quantitative estimate of drug-likeness (QED) is 0.891. The van der Waals surface area contributed by atoms with Crippen molar-refractivity contribution >= 4 is 23.4 Å². The van der Waals surface area contributed by atoms with Gasteiger partial charge >= 0.3 is 12.1 Å². The standard InChI is InChI=1S/C13H19NO4S/c1-8-5-6-19-11(8)9(7-10(15)16)14-12(17)18-13(2,3)4/h5-6,9H,7H2,1-4H3,(H,14,17)(H,15,16). The molecule has 106 valence electrons. The van der Waals surface area contributed by atoms with Crippen LogP contribution in [0.4, 0.5) is 4.79 Å². The lowest BCUT2D eigenvalue weighted by molar-refractivity contribution is -0.137. The van der Waals surface area contributed by atoms with E-state index >= 15 is 0 Å². The molecule has 0 saturated carbocycles. The van der Waals surface area contributed by atoms with E-state index in [0.717, 1.165) is 10.4 Å². The van der Waals surface area contributed by atoms with E-state index in [0.29, 0.717) is 0 Å². The average Bonchev–Trinajstić information content (AvgIpc) is 2.59. The fourth-order valence-electron chi connectivity index (χ4n) is 1.58. The van der Waals surface area contributed by atoms with Crippen molar-refractivity contribution in [1.82, 2.24) is 5.32 Å². The SMILES string of the molecule is Cc1ccsc1C(CC(=O)O)NC(=O)OC(C)(C)C. The van der Waals surface area contributed by atoms with Crippen LogP contribution in [0.25, 0.3) is 0 Å². The number of alkyl carbamates (subject to hydrolysis) is 1. The molecule has 0 bridgehead atoms. The molecular formula is C13H19NO4S. The third-order valence-electron chi connectivity index (χ3n) is 2.29. The second kappa shape index (κ2) is 6.06. The van der Waals surface area contributed by atoms with Crippen molar-refractivity contribution in [2.45, 2.75) is 45.8 Å². The van der Waals surface area contributed by atoms with Gasteiger partial charge in [-0.05, 0) is 44.7 Å². The van der Waals surface area contributed by atoms with Gasteiger partial charge in [0.2, 0.25) is 0 Å². The maximum absolute atomic E-state index is 11.7.